The van der Waals surface area contributed by atoms with Gasteiger partial charge < -0.3 is 20.5 Å². The smallest absolute Gasteiger partial charge is 0.341 e. The van der Waals surface area contributed by atoms with Crippen molar-refractivity contribution in [2.75, 3.05) is 31.8 Å². The summed E-state index contributed by atoms with van der Waals surface area (Å²) < 4.78 is 4.50. The molecule has 0 bridgehead atoms. The number of nitrogens with zero attached hydrogens (tertiary/aromatic N) is 1. The summed E-state index contributed by atoms with van der Waals surface area (Å²) in [5.41, 5.74) is 6.17. The minimum atomic E-state index is -0.684. The van der Waals surface area contributed by atoms with Gasteiger partial charge in [-0.1, -0.05) is 11.6 Å². The number of phenols is 1. The first kappa shape index (κ1) is 12.4. The molecule has 0 radical (unpaired) electrons. The molecule has 0 spiro atoms. The summed E-state index contributed by atoms with van der Waals surface area (Å²) in [7, 11) is 4.68. The van der Waals surface area contributed by atoms with Crippen LogP contribution in [-0.2, 0) is 4.74 Å². The average molecular weight is 245 g/mol. The Balaban J connectivity index is 3.45. The van der Waals surface area contributed by atoms with Crippen LogP contribution in [0.5, 0.6) is 5.75 Å². The molecule has 0 saturated heterocycles. The predicted octanol–water partition coefficient (Wildman–Crippen LogP) is 1.48. The van der Waals surface area contributed by atoms with E-state index in [-0.39, 0.29) is 22.0 Å². The fraction of sp³-hybridized carbons (Fsp3) is 0.300. The summed E-state index contributed by atoms with van der Waals surface area (Å²) in [6.07, 6.45) is 0. The van der Waals surface area contributed by atoms with Crippen molar-refractivity contribution in [3.05, 3.63) is 16.7 Å². The van der Waals surface area contributed by atoms with Crippen molar-refractivity contribution in [2.45, 2.75) is 0 Å². The Bertz CT molecular complexity index is 433. The maximum atomic E-state index is 11.3. The Morgan fingerprint density at radius 3 is 2.56 bits per heavy atom. The molecule has 0 aliphatic rings. The van der Waals surface area contributed by atoms with E-state index in [1.54, 1.807) is 19.0 Å². The maximum Gasteiger partial charge on any atom is 0.341 e. The fourth-order valence-electron chi connectivity index (χ4n) is 1.37. The molecule has 0 aromatic heterocycles. The van der Waals surface area contributed by atoms with Gasteiger partial charge in [-0.3, -0.25) is 0 Å². The van der Waals surface area contributed by atoms with Crippen molar-refractivity contribution in [2.24, 2.45) is 0 Å². The summed E-state index contributed by atoms with van der Waals surface area (Å²) in [5, 5.41) is 10.0. The number of rotatable bonds is 2. The SMILES string of the molecule is COC(=O)c1cc(Cl)c(N(C)C)c(N)c1O. The minimum Gasteiger partial charge on any atom is -0.505 e. The summed E-state index contributed by atoms with van der Waals surface area (Å²) in [4.78, 5) is 13.0. The summed E-state index contributed by atoms with van der Waals surface area (Å²) in [6.45, 7) is 0. The van der Waals surface area contributed by atoms with Crippen LogP contribution in [0.3, 0.4) is 0 Å². The lowest BCUT2D eigenvalue weighted by molar-refractivity contribution is 0.0597. The number of halogens is 1. The van der Waals surface area contributed by atoms with Crippen LogP contribution in [-0.4, -0.2) is 32.3 Å². The highest BCUT2D eigenvalue weighted by Crippen LogP contribution is 2.40. The molecule has 0 unspecified atom stereocenters. The number of phenolic OH excluding ortho intramolecular Hbond substituents is 1. The molecule has 5 nitrogen and oxygen atoms in total. The van der Waals surface area contributed by atoms with Gasteiger partial charge in [-0.15, -0.1) is 0 Å². The molecule has 6 heteroatoms. The number of aromatic hydroxyl groups is 1. The number of benzene rings is 1. The number of carbonyl (C=O) groups excluding carboxylic acids is 1. The molecule has 0 saturated carbocycles. The number of nitrogen functional groups attached to an aromatic ring is 1. The van der Waals surface area contributed by atoms with Gasteiger partial charge in [0.1, 0.15) is 11.3 Å². The van der Waals surface area contributed by atoms with Gasteiger partial charge >= 0.3 is 5.97 Å². The zero-order valence-corrected chi connectivity index (χ0v) is 10.00. The molecule has 0 atom stereocenters. The standard InChI is InChI=1S/C10H13ClN2O3/c1-13(2)8-6(11)4-5(10(15)16-3)9(14)7(8)12/h4,14H,12H2,1-3H3. The van der Waals surface area contributed by atoms with Gasteiger partial charge in [0.25, 0.3) is 0 Å². The molecule has 1 aromatic rings. The largest absolute Gasteiger partial charge is 0.505 e. The van der Waals surface area contributed by atoms with Gasteiger partial charge in [-0.25, -0.2) is 4.79 Å². The van der Waals surface area contributed by atoms with E-state index in [0.29, 0.717) is 5.69 Å². The predicted molar refractivity (Wildman–Crippen MR) is 63.2 cm³/mol. The summed E-state index contributed by atoms with van der Waals surface area (Å²) in [5.74, 6) is -1.00. The Labute approximate surface area is 98.4 Å². The van der Waals surface area contributed by atoms with Crippen LogP contribution in [0.25, 0.3) is 0 Å². The molecular formula is C10H13ClN2O3. The van der Waals surface area contributed by atoms with Gasteiger partial charge in [0.15, 0.2) is 5.75 Å². The lowest BCUT2D eigenvalue weighted by atomic mass is 10.1. The van der Waals surface area contributed by atoms with Crippen LogP contribution in [0.4, 0.5) is 11.4 Å². The Morgan fingerprint density at radius 2 is 2.12 bits per heavy atom. The van der Waals surface area contributed by atoms with Gasteiger partial charge in [-0.05, 0) is 6.07 Å². The zero-order valence-electron chi connectivity index (χ0n) is 9.24. The molecule has 0 aliphatic heterocycles. The van der Waals surface area contributed by atoms with Gasteiger partial charge in [0.05, 0.1) is 17.8 Å². The molecule has 0 fully saturated rings. The highest BCUT2D eigenvalue weighted by Gasteiger charge is 2.20. The molecule has 0 aliphatic carbocycles. The van der Waals surface area contributed by atoms with Crippen molar-refractivity contribution in [1.82, 2.24) is 0 Å². The first-order valence-electron chi connectivity index (χ1n) is 4.46. The highest BCUT2D eigenvalue weighted by molar-refractivity contribution is 6.34. The minimum absolute atomic E-state index is 0.0457. The monoisotopic (exact) mass is 244 g/mol. The Morgan fingerprint density at radius 1 is 1.56 bits per heavy atom. The molecule has 88 valence electrons. The van der Waals surface area contributed by atoms with Crippen LogP contribution >= 0.6 is 11.6 Å². The summed E-state index contributed by atoms with van der Waals surface area (Å²) >= 11 is 5.96. The van der Waals surface area contributed by atoms with Crippen molar-refractivity contribution in [1.29, 1.82) is 0 Å². The quantitative estimate of drug-likeness (QED) is 0.468. The van der Waals surface area contributed by atoms with Gasteiger partial charge in [0, 0.05) is 14.1 Å². The van der Waals surface area contributed by atoms with E-state index < -0.39 is 5.97 Å². The van der Waals surface area contributed by atoms with Crippen LogP contribution in [0, 0.1) is 0 Å². The van der Waals surface area contributed by atoms with Gasteiger partial charge in [0.2, 0.25) is 0 Å². The Hall–Kier alpha value is -1.62. The van der Waals surface area contributed by atoms with E-state index >= 15 is 0 Å². The second kappa shape index (κ2) is 4.49. The highest BCUT2D eigenvalue weighted by atomic mass is 35.5. The lowest BCUT2D eigenvalue weighted by Gasteiger charge is -2.19. The van der Waals surface area contributed by atoms with E-state index in [1.165, 1.54) is 13.2 Å². The van der Waals surface area contributed by atoms with Crippen LogP contribution in [0.1, 0.15) is 10.4 Å². The first-order chi connectivity index (χ1) is 7.40. The van der Waals surface area contributed by atoms with E-state index in [0.717, 1.165) is 0 Å². The molecule has 0 heterocycles. The normalized spacial score (nSPS) is 10.0. The molecular weight excluding hydrogens is 232 g/mol. The molecule has 3 N–H and O–H groups in total. The number of methoxy groups -OCH3 is 1. The van der Waals surface area contributed by atoms with Crippen molar-refractivity contribution in [3.8, 4) is 5.75 Å². The summed E-state index contributed by atoms with van der Waals surface area (Å²) in [6, 6.07) is 1.33. The maximum absolute atomic E-state index is 11.3. The second-order valence-corrected chi connectivity index (χ2v) is 3.81. The zero-order chi connectivity index (χ0) is 12.5. The number of hydrogen-bond donors (Lipinski definition) is 2. The van der Waals surface area contributed by atoms with Gasteiger partial charge in [-0.2, -0.15) is 0 Å². The number of nitrogens with two attached hydrogens (primary N) is 1. The number of carbonyl (C=O) groups is 1. The molecule has 1 rings (SSSR count). The van der Waals surface area contributed by atoms with Crippen molar-refractivity contribution < 1.29 is 14.6 Å². The first-order valence-corrected chi connectivity index (χ1v) is 4.84. The average Bonchev–Trinajstić information content (AvgIpc) is 2.22. The molecule has 16 heavy (non-hydrogen) atoms. The van der Waals surface area contributed by atoms with E-state index in [4.69, 9.17) is 17.3 Å². The van der Waals surface area contributed by atoms with Crippen LogP contribution in [0.2, 0.25) is 5.02 Å². The van der Waals surface area contributed by atoms with E-state index in [2.05, 4.69) is 4.74 Å². The number of ether oxygens (including phenoxy) is 1. The van der Waals surface area contributed by atoms with E-state index in [9.17, 15) is 9.90 Å². The topological polar surface area (TPSA) is 75.8 Å². The number of hydrogen-bond acceptors (Lipinski definition) is 5. The number of anilines is 2. The van der Waals surface area contributed by atoms with Crippen LogP contribution in [0.15, 0.2) is 6.07 Å². The number of esters is 1. The van der Waals surface area contributed by atoms with Crippen molar-refractivity contribution >= 4 is 28.9 Å². The van der Waals surface area contributed by atoms with Crippen molar-refractivity contribution in [3.63, 3.8) is 0 Å². The molecule has 0 amide bonds. The fourth-order valence-corrected chi connectivity index (χ4v) is 1.75. The molecule has 1 aromatic carbocycles. The lowest BCUT2D eigenvalue weighted by Crippen LogP contribution is -2.13. The third kappa shape index (κ3) is 1.99. The van der Waals surface area contributed by atoms with Crippen LogP contribution < -0.4 is 10.6 Å². The second-order valence-electron chi connectivity index (χ2n) is 3.40. The third-order valence-corrected chi connectivity index (χ3v) is 2.40. The Kier molecular flexibility index (Phi) is 3.49. The third-order valence-electron chi connectivity index (χ3n) is 2.12. The van der Waals surface area contributed by atoms with E-state index in [1.807, 2.05) is 0 Å².